The first-order valence-corrected chi connectivity index (χ1v) is 7.73. The second kappa shape index (κ2) is 8.49. The molecule has 0 radical (unpaired) electrons. The molecule has 1 unspecified atom stereocenters. The Labute approximate surface area is 140 Å². The van der Waals surface area contributed by atoms with E-state index in [1.165, 1.54) is 6.07 Å². The molecule has 2 aromatic rings. The standard InChI is InChI=1S/C18H22F2N2O2/c1-13(14-4-3-5-17(12-14)24-18(19)20)21-15-6-8-16(9-7-15)22(2)10-11-23/h3-9,12-13,18,21,23H,10-11H2,1-2H3. The molecule has 2 aromatic carbocycles. The molecule has 0 aliphatic rings. The van der Waals surface area contributed by atoms with Gasteiger partial charge in [0.2, 0.25) is 0 Å². The molecule has 0 spiro atoms. The number of nitrogens with one attached hydrogen (secondary N) is 1. The number of aliphatic hydroxyl groups is 1. The van der Waals surface area contributed by atoms with Crippen molar-refractivity contribution in [2.45, 2.75) is 19.6 Å². The zero-order chi connectivity index (χ0) is 17.5. The molecule has 0 saturated heterocycles. The maximum absolute atomic E-state index is 12.3. The number of aliphatic hydroxyl groups excluding tert-OH is 1. The molecule has 130 valence electrons. The van der Waals surface area contributed by atoms with Crippen molar-refractivity contribution in [1.82, 2.24) is 0 Å². The Balaban J connectivity index is 2.02. The summed E-state index contributed by atoms with van der Waals surface area (Å²) in [5, 5.41) is 12.3. The van der Waals surface area contributed by atoms with E-state index in [2.05, 4.69) is 10.1 Å². The Morgan fingerprint density at radius 1 is 1.17 bits per heavy atom. The molecule has 0 aliphatic carbocycles. The molecular formula is C18H22F2N2O2. The maximum Gasteiger partial charge on any atom is 0.387 e. The highest BCUT2D eigenvalue weighted by Gasteiger charge is 2.09. The van der Waals surface area contributed by atoms with Crippen molar-refractivity contribution in [2.75, 3.05) is 30.4 Å². The molecule has 6 heteroatoms. The third kappa shape index (κ3) is 5.09. The lowest BCUT2D eigenvalue weighted by Crippen LogP contribution is -2.20. The van der Waals surface area contributed by atoms with Crippen LogP contribution in [0, 0.1) is 0 Å². The number of hydrogen-bond acceptors (Lipinski definition) is 4. The van der Waals surface area contributed by atoms with Crippen LogP contribution in [0.25, 0.3) is 0 Å². The number of alkyl halides is 2. The van der Waals surface area contributed by atoms with Crippen molar-refractivity contribution in [3.8, 4) is 5.75 Å². The van der Waals surface area contributed by atoms with E-state index in [1.54, 1.807) is 12.1 Å². The van der Waals surface area contributed by atoms with Gasteiger partial charge < -0.3 is 20.1 Å². The fraction of sp³-hybridized carbons (Fsp3) is 0.333. The minimum Gasteiger partial charge on any atom is -0.435 e. The van der Waals surface area contributed by atoms with Crippen molar-refractivity contribution < 1.29 is 18.6 Å². The van der Waals surface area contributed by atoms with Gasteiger partial charge in [0.1, 0.15) is 5.75 Å². The van der Waals surface area contributed by atoms with Gasteiger partial charge >= 0.3 is 6.61 Å². The van der Waals surface area contributed by atoms with E-state index in [-0.39, 0.29) is 18.4 Å². The first-order valence-electron chi connectivity index (χ1n) is 7.73. The summed E-state index contributed by atoms with van der Waals surface area (Å²) in [6, 6.07) is 14.4. The van der Waals surface area contributed by atoms with Gasteiger partial charge in [0.25, 0.3) is 0 Å². The van der Waals surface area contributed by atoms with Crippen LogP contribution in [-0.4, -0.2) is 31.9 Å². The van der Waals surface area contributed by atoms with Crippen molar-refractivity contribution >= 4 is 11.4 Å². The molecule has 0 aromatic heterocycles. The summed E-state index contributed by atoms with van der Waals surface area (Å²) in [6.45, 7) is -0.204. The van der Waals surface area contributed by atoms with E-state index in [0.29, 0.717) is 6.54 Å². The van der Waals surface area contributed by atoms with Crippen molar-refractivity contribution in [2.24, 2.45) is 0 Å². The fourth-order valence-corrected chi connectivity index (χ4v) is 2.38. The number of halogens is 2. The van der Waals surface area contributed by atoms with Gasteiger partial charge in [-0.1, -0.05) is 12.1 Å². The number of likely N-dealkylation sites (N-methyl/N-ethyl adjacent to an activating group) is 1. The average molecular weight is 336 g/mol. The van der Waals surface area contributed by atoms with Crippen LogP contribution < -0.4 is 15.0 Å². The number of hydrogen-bond donors (Lipinski definition) is 2. The lowest BCUT2D eigenvalue weighted by atomic mass is 10.1. The molecule has 0 bridgehead atoms. The number of rotatable bonds is 8. The molecule has 0 heterocycles. The van der Waals surface area contributed by atoms with Gasteiger partial charge in [0, 0.05) is 31.0 Å². The summed E-state index contributed by atoms with van der Waals surface area (Å²) >= 11 is 0. The SMILES string of the molecule is CC(Nc1ccc(N(C)CCO)cc1)c1cccc(OC(F)F)c1. The Hall–Kier alpha value is -2.34. The molecule has 4 nitrogen and oxygen atoms in total. The highest BCUT2D eigenvalue weighted by atomic mass is 19.3. The normalized spacial score (nSPS) is 12.1. The topological polar surface area (TPSA) is 44.7 Å². The molecule has 24 heavy (non-hydrogen) atoms. The highest BCUT2D eigenvalue weighted by Crippen LogP contribution is 2.25. The van der Waals surface area contributed by atoms with Gasteiger partial charge in [0.15, 0.2) is 0 Å². The minimum absolute atomic E-state index is 0.0627. The van der Waals surface area contributed by atoms with Crippen LogP contribution in [0.1, 0.15) is 18.5 Å². The zero-order valence-electron chi connectivity index (χ0n) is 13.7. The lowest BCUT2D eigenvalue weighted by Gasteiger charge is -2.20. The first kappa shape index (κ1) is 18.0. The molecule has 2 N–H and O–H groups in total. The van der Waals surface area contributed by atoms with Gasteiger partial charge in [0.05, 0.1) is 6.61 Å². The van der Waals surface area contributed by atoms with Gasteiger partial charge in [-0.25, -0.2) is 0 Å². The molecule has 2 rings (SSSR count). The second-order valence-electron chi connectivity index (χ2n) is 5.51. The van der Waals surface area contributed by atoms with E-state index in [9.17, 15) is 8.78 Å². The lowest BCUT2D eigenvalue weighted by molar-refractivity contribution is -0.0498. The molecule has 0 amide bonds. The molecule has 0 saturated carbocycles. The quantitative estimate of drug-likeness (QED) is 0.768. The van der Waals surface area contributed by atoms with Crippen molar-refractivity contribution in [3.63, 3.8) is 0 Å². The van der Waals surface area contributed by atoms with Crippen LogP contribution in [0.2, 0.25) is 0 Å². The van der Waals surface area contributed by atoms with Gasteiger partial charge in [-0.15, -0.1) is 0 Å². The number of anilines is 2. The summed E-state index contributed by atoms with van der Waals surface area (Å²) < 4.78 is 29.0. The van der Waals surface area contributed by atoms with E-state index >= 15 is 0 Å². The fourth-order valence-electron chi connectivity index (χ4n) is 2.38. The Morgan fingerprint density at radius 3 is 2.50 bits per heavy atom. The number of ether oxygens (including phenoxy) is 1. The van der Waals surface area contributed by atoms with Crippen molar-refractivity contribution in [3.05, 3.63) is 54.1 Å². The Bertz CT molecular complexity index is 635. The smallest absolute Gasteiger partial charge is 0.387 e. The Morgan fingerprint density at radius 2 is 1.88 bits per heavy atom. The van der Waals surface area contributed by atoms with E-state index in [1.807, 2.05) is 49.2 Å². The predicted octanol–water partition coefficient (Wildman–Crippen LogP) is 3.89. The zero-order valence-corrected chi connectivity index (χ0v) is 13.7. The van der Waals surface area contributed by atoms with Crippen LogP contribution in [-0.2, 0) is 0 Å². The highest BCUT2D eigenvalue weighted by molar-refractivity contribution is 5.55. The van der Waals surface area contributed by atoms with Crippen LogP contribution in [0.3, 0.4) is 0 Å². The Kier molecular flexibility index (Phi) is 6.37. The van der Waals surface area contributed by atoms with Gasteiger partial charge in [-0.3, -0.25) is 0 Å². The van der Waals surface area contributed by atoms with Crippen LogP contribution >= 0.6 is 0 Å². The van der Waals surface area contributed by atoms with Crippen LogP contribution in [0.15, 0.2) is 48.5 Å². The third-order valence-electron chi connectivity index (χ3n) is 3.71. The maximum atomic E-state index is 12.3. The molecule has 1 atom stereocenters. The molecular weight excluding hydrogens is 314 g/mol. The van der Waals surface area contributed by atoms with Crippen LogP contribution in [0.4, 0.5) is 20.2 Å². The first-order chi connectivity index (χ1) is 11.5. The summed E-state index contributed by atoms with van der Waals surface area (Å²) in [5.41, 5.74) is 2.79. The largest absolute Gasteiger partial charge is 0.435 e. The van der Waals surface area contributed by atoms with Gasteiger partial charge in [-0.2, -0.15) is 8.78 Å². The summed E-state index contributed by atoms with van der Waals surface area (Å²) in [4.78, 5) is 1.96. The number of nitrogens with zero attached hydrogens (tertiary/aromatic N) is 1. The van der Waals surface area contributed by atoms with Gasteiger partial charge in [-0.05, 0) is 48.9 Å². The predicted molar refractivity (Wildman–Crippen MR) is 91.9 cm³/mol. The van der Waals surface area contributed by atoms with E-state index in [0.717, 1.165) is 16.9 Å². The summed E-state index contributed by atoms with van der Waals surface area (Å²) in [7, 11) is 1.91. The minimum atomic E-state index is -2.83. The third-order valence-corrected chi connectivity index (χ3v) is 3.71. The van der Waals surface area contributed by atoms with Crippen LogP contribution in [0.5, 0.6) is 5.75 Å². The average Bonchev–Trinajstić information content (AvgIpc) is 2.55. The molecule has 0 fully saturated rings. The monoisotopic (exact) mass is 336 g/mol. The molecule has 0 aliphatic heterocycles. The van der Waals surface area contributed by atoms with Crippen molar-refractivity contribution in [1.29, 1.82) is 0 Å². The van der Waals surface area contributed by atoms with E-state index < -0.39 is 6.61 Å². The second-order valence-corrected chi connectivity index (χ2v) is 5.51. The summed E-state index contributed by atoms with van der Waals surface area (Å²) in [6.07, 6.45) is 0. The van der Waals surface area contributed by atoms with E-state index in [4.69, 9.17) is 5.11 Å². The number of benzene rings is 2. The summed E-state index contributed by atoms with van der Waals surface area (Å²) in [5.74, 6) is 0.150.